The quantitative estimate of drug-likeness (QED) is 0.747. The van der Waals surface area contributed by atoms with E-state index in [1.54, 1.807) is 18.7 Å². The number of carbonyl (C=O) groups excluding carboxylic acids is 1. The van der Waals surface area contributed by atoms with Gasteiger partial charge in [-0.3, -0.25) is 0 Å². The fourth-order valence-corrected chi connectivity index (χ4v) is 2.63. The minimum Gasteiger partial charge on any atom is -0.478 e. The highest BCUT2D eigenvalue weighted by atomic mass is 32.2. The van der Waals surface area contributed by atoms with E-state index in [1.165, 1.54) is 6.07 Å². The summed E-state index contributed by atoms with van der Waals surface area (Å²) < 4.78 is 5.50. The molecule has 0 saturated heterocycles. The van der Waals surface area contributed by atoms with Gasteiger partial charge in [-0.25, -0.2) is 9.59 Å². The van der Waals surface area contributed by atoms with Crippen molar-refractivity contribution in [3.63, 3.8) is 0 Å². The second kappa shape index (κ2) is 5.78. The van der Waals surface area contributed by atoms with Gasteiger partial charge < -0.3 is 20.2 Å². The average molecular weight is 298 g/mol. The van der Waals surface area contributed by atoms with Crippen LogP contribution in [-0.4, -0.2) is 34.7 Å². The number of carbonyl (C=O) groups is 2. The van der Waals surface area contributed by atoms with Gasteiger partial charge in [0.05, 0.1) is 6.54 Å². The molecule has 0 radical (unpaired) electrons. The maximum atomic E-state index is 11.6. The summed E-state index contributed by atoms with van der Waals surface area (Å²) in [5, 5.41) is 14.4. The normalized spacial score (nSPS) is 15.7. The van der Waals surface area contributed by atoms with E-state index in [-0.39, 0.29) is 22.9 Å². The van der Waals surface area contributed by atoms with E-state index in [1.807, 2.05) is 6.26 Å². The topological polar surface area (TPSA) is 91.6 Å². The van der Waals surface area contributed by atoms with Gasteiger partial charge >= 0.3 is 12.0 Å². The standard InChI is InChI=1S/C13H18N2O4S/c1-8-10(11(16)17)5-9(19-8)6-14-12(18)15-7-13(20-2)3-4-13/h5H,3-4,6-7H2,1-2H3,(H,16,17)(H2,14,15,18). The minimum absolute atomic E-state index is 0.126. The summed E-state index contributed by atoms with van der Waals surface area (Å²) in [6.45, 7) is 2.41. The first-order chi connectivity index (χ1) is 9.46. The van der Waals surface area contributed by atoms with Gasteiger partial charge in [0.25, 0.3) is 0 Å². The van der Waals surface area contributed by atoms with Gasteiger partial charge in [0.2, 0.25) is 0 Å². The summed E-state index contributed by atoms with van der Waals surface area (Å²) in [7, 11) is 0. The van der Waals surface area contributed by atoms with Crippen molar-refractivity contribution in [1.82, 2.24) is 10.6 Å². The summed E-state index contributed by atoms with van der Waals surface area (Å²) in [5.74, 6) is -0.257. The van der Waals surface area contributed by atoms with Gasteiger partial charge in [-0.2, -0.15) is 11.8 Å². The minimum atomic E-state index is -1.03. The number of aryl methyl sites for hydroxylation is 1. The molecule has 0 aliphatic heterocycles. The van der Waals surface area contributed by atoms with Crippen LogP contribution in [0.2, 0.25) is 0 Å². The molecule has 2 amide bonds. The second-order valence-electron chi connectivity index (χ2n) is 4.91. The Bertz CT molecular complexity index is 522. The summed E-state index contributed by atoms with van der Waals surface area (Å²) >= 11 is 1.78. The van der Waals surface area contributed by atoms with Crippen molar-refractivity contribution in [3.05, 3.63) is 23.2 Å². The zero-order chi connectivity index (χ0) is 14.8. The van der Waals surface area contributed by atoms with Crippen LogP contribution in [0.15, 0.2) is 10.5 Å². The molecule has 6 nitrogen and oxygen atoms in total. The summed E-state index contributed by atoms with van der Waals surface area (Å²) in [6.07, 6.45) is 4.31. The van der Waals surface area contributed by atoms with Crippen molar-refractivity contribution in [3.8, 4) is 0 Å². The molecule has 3 N–H and O–H groups in total. The van der Waals surface area contributed by atoms with E-state index in [0.717, 1.165) is 12.8 Å². The fourth-order valence-electron chi connectivity index (χ4n) is 1.91. The lowest BCUT2D eigenvalue weighted by molar-refractivity contribution is 0.0695. The zero-order valence-electron chi connectivity index (χ0n) is 11.5. The van der Waals surface area contributed by atoms with E-state index in [9.17, 15) is 9.59 Å². The molecule has 0 aromatic carbocycles. The van der Waals surface area contributed by atoms with Gasteiger partial charge in [-0.1, -0.05) is 0 Å². The average Bonchev–Trinajstić information content (AvgIpc) is 3.10. The van der Waals surface area contributed by atoms with Crippen LogP contribution in [-0.2, 0) is 6.54 Å². The number of rotatable bonds is 6. The molecule has 0 bridgehead atoms. The maximum absolute atomic E-state index is 11.6. The van der Waals surface area contributed by atoms with E-state index < -0.39 is 5.97 Å². The molecule has 1 fully saturated rings. The van der Waals surface area contributed by atoms with Crippen LogP contribution in [0.5, 0.6) is 0 Å². The lowest BCUT2D eigenvalue weighted by atomic mass is 10.2. The van der Waals surface area contributed by atoms with Crippen molar-refractivity contribution in [2.45, 2.75) is 31.1 Å². The van der Waals surface area contributed by atoms with Crippen molar-refractivity contribution < 1.29 is 19.1 Å². The molecule has 0 unspecified atom stereocenters. The number of thioether (sulfide) groups is 1. The highest BCUT2D eigenvalue weighted by Crippen LogP contribution is 2.46. The van der Waals surface area contributed by atoms with Crippen molar-refractivity contribution in [2.24, 2.45) is 0 Å². The molecule has 0 atom stereocenters. The monoisotopic (exact) mass is 298 g/mol. The Kier molecular flexibility index (Phi) is 4.27. The first-order valence-corrected chi connectivity index (χ1v) is 7.58. The van der Waals surface area contributed by atoms with Gasteiger partial charge in [0, 0.05) is 11.3 Å². The maximum Gasteiger partial charge on any atom is 0.339 e. The van der Waals surface area contributed by atoms with Gasteiger partial charge in [-0.05, 0) is 32.1 Å². The molecule has 2 rings (SSSR count). The van der Waals surface area contributed by atoms with Crippen LogP contribution in [0.4, 0.5) is 4.79 Å². The summed E-state index contributed by atoms with van der Waals surface area (Å²) in [5.41, 5.74) is 0.126. The third kappa shape index (κ3) is 3.47. The second-order valence-corrected chi connectivity index (χ2v) is 6.19. The smallest absolute Gasteiger partial charge is 0.339 e. The molecule has 1 saturated carbocycles. The van der Waals surface area contributed by atoms with Crippen LogP contribution < -0.4 is 10.6 Å². The number of hydrogen-bond acceptors (Lipinski definition) is 4. The number of aromatic carboxylic acids is 1. The number of nitrogens with one attached hydrogen (secondary N) is 2. The Morgan fingerprint density at radius 3 is 2.65 bits per heavy atom. The molecule has 1 aromatic rings. The number of carboxylic acid groups (broad SMARTS) is 1. The predicted molar refractivity (Wildman–Crippen MR) is 76.1 cm³/mol. The molecule has 1 aliphatic rings. The SMILES string of the molecule is CSC1(CNC(=O)NCc2cc(C(=O)O)c(C)o2)CC1. The molecular formula is C13H18N2O4S. The summed E-state index contributed by atoms with van der Waals surface area (Å²) in [4.78, 5) is 22.5. The molecule has 1 heterocycles. The van der Waals surface area contributed by atoms with Crippen LogP contribution in [0.1, 0.15) is 34.7 Å². The third-order valence-electron chi connectivity index (χ3n) is 3.43. The Morgan fingerprint density at radius 1 is 1.45 bits per heavy atom. The number of furan rings is 1. The number of carboxylic acids is 1. The van der Waals surface area contributed by atoms with E-state index in [2.05, 4.69) is 10.6 Å². The molecule has 110 valence electrons. The van der Waals surface area contributed by atoms with Crippen molar-refractivity contribution in [1.29, 1.82) is 0 Å². The Labute approximate surface area is 121 Å². The molecule has 1 aliphatic carbocycles. The Morgan fingerprint density at radius 2 is 2.15 bits per heavy atom. The summed E-state index contributed by atoms with van der Waals surface area (Å²) in [6, 6.07) is 1.17. The highest BCUT2D eigenvalue weighted by Gasteiger charge is 2.41. The Hall–Kier alpha value is -1.63. The Balaban J connectivity index is 1.78. The zero-order valence-corrected chi connectivity index (χ0v) is 12.3. The molecule has 1 aromatic heterocycles. The van der Waals surface area contributed by atoms with Gasteiger partial charge in [0.1, 0.15) is 17.1 Å². The van der Waals surface area contributed by atoms with E-state index in [0.29, 0.717) is 18.1 Å². The van der Waals surface area contributed by atoms with Crippen molar-refractivity contribution >= 4 is 23.8 Å². The number of amides is 2. The predicted octanol–water partition coefficient (Wildman–Crippen LogP) is 1.98. The lowest BCUT2D eigenvalue weighted by Crippen LogP contribution is -2.39. The molecule has 0 spiro atoms. The molecule has 7 heteroatoms. The van der Waals surface area contributed by atoms with Crippen LogP contribution in [0.25, 0.3) is 0 Å². The number of hydrogen-bond donors (Lipinski definition) is 3. The number of urea groups is 1. The van der Waals surface area contributed by atoms with E-state index >= 15 is 0 Å². The van der Waals surface area contributed by atoms with Crippen molar-refractivity contribution in [2.75, 3.05) is 12.8 Å². The molecular weight excluding hydrogens is 280 g/mol. The molecule has 20 heavy (non-hydrogen) atoms. The lowest BCUT2D eigenvalue weighted by Gasteiger charge is -2.13. The van der Waals surface area contributed by atoms with E-state index in [4.69, 9.17) is 9.52 Å². The largest absolute Gasteiger partial charge is 0.478 e. The van der Waals surface area contributed by atoms with Gasteiger partial charge in [0.15, 0.2) is 0 Å². The van der Waals surface area contributed by atoms with Gasteiger partial charge in [-0.15, -0.1) is 0 Å². The first-order valence-electron chi connectivity index (χ1n) is 6.35. The van der Waals surface area contributed by atoms with Crippen LogP contribution >= 0.6 is 11.8 Å². The fraction of sp³-hybridized carbons (Fsp3) is 0.538. The highest BCUT2D eigenvalue weighted by molar-refractivity contribution is 8.00. The van der Waals surface area contributed by atoms with Crippen LogP contribution in [0, 0.1) is 6.92 Å². The third-order valence-corrected chi connectivity index (χ3v) is 4.85. The first kappa shape index (κ1) is 14.8. The van der Waals surface area contributed by atoms with Crippen LogP contribution in [0.3, 0.4) is 0 Å².